The molecule has 3 nitrogen and oxygen atoms in total. The van der Waals surface area contributed by atoms with Gasteiger partial charge in [0.25, 0.3) is 0 Å². The van der Waals surface area contributed by atoms with Gasteiger partial charge in [-0.3, -0.25) is 0 Å². The van der Waals surface area contributed by atoms with Gasteiger partial charge in [0.05, 0.1) is 12.1 Å². The van der Waals surface area contributed by atoms with Gasteiger partial charge in [0.15, 0.2) is 0 Å². The van der Waals surface area contributed by atoms with Crippen LogP contribution in [0, 0.1) is 0 Å². The molecule has 2 unspecified atom stereocenters. The first-order valence-corrected chi connectivity index (χ1v) is 7.70. The Kier molecular flexibility index (Phi) is 5.51. The molecular weight excluding hydrogens is 354 g/mol. The van der Waals surface area contributed by atoms with Gasteiger partial charge in [-0.15, -0.1) is 0 Å². The lowest BCUT2D eigenvalue weighted by molar-refractivity contribution is 0.176. The average molecular weight is 371 g/mol. The number of benzene rings is 2. The van der Waals surface area contributed by atoms with E-state index in [1.807, 2.05) is 43.3 Å². The second kappa shape index (κ2) is 7.16. The number of hydrogen-bond donors (Lipinski definition) is 1. The SMILES string of the molecule is COc1ccccc1C(Oc1cc(Br)ccc1Cl)C(C)N. The number of methoxy groups -OCH3 is 1. The summed E-state index contributed by atoms with van der Waals surface area (Å²) in [6.07, 6.45) is -0.354. The number of hydrogen-bond acceptors (Lipinski definition) is 3. The van der Waals surface area contributed by atoms with E-state index in [1.54, 1.807) is 13.2 Å². The van der Waals surface area contributed by atoms with Gasteiger partial charge in [-0.05, 0) is 31.2 Å². The molecule has 0 heterocycles. The number of nitrogens with two attached hydrogens (primary N) is 1. The fourth-order valence-electron chi connectivity index (χ4n) is 2.06. The molecule has 0 fully saturated rings. The van der Waals surface area contributed by atoms with Crippen LogP contribution in [0.1, 0.15) is 18.6 Å². The van der Waals surface area contributed by atoms with Gasteiger partial charge in [-0.1, -0.05) is 45.7 Å². The maximum atomic E-state index is 6.19. The molecule has 2 aromatic rings. The van der Waals surface area contributed by atoms with Crippen molar-refractivity contribution in [1.82, 2.24) is 0 Å². The molecule has 0 aliphatic carbocycles. The van der Waals surface area contributed by atoms with E-state index in [1.165, 1.54) is 0 Å². The van der Waals surface area contributed by atoms with E-state index in [9.17, 15) is 0 Å². The molecule has 112 valence electrons. The van der Waals surface area contributed by atoms with Crippen LogP contribution in [-0.2, 0) is 0 Å². The Balaban J connectivity index is 2.38. The van der Waals surface area contributed by atoms with E-state index in [-0.39, 0.29) is 12.1 Å². The Hall–Kier alpha value is -1.23. The number of para-hydroxylation sites is 1. The highest BCUT2D eigenvalue weighted by atomic mass is 79.9. The number of rotatable bonds is 5. The molecule has 21 heavy (non-hydrogen) atoms. The normalized spacial score (nSPS) is 13.6. The summed E-state index contributed by atoms with van der Waals surface area (Å²) < 4.78 is 12.3. The molecule has 0 saturated heterocycles. The Morgan fingerprint density at radius 2 is 1.86 bits per heavy atom. The molecule has 0 saturated carbocycles. The van der Waals surface area contributed by atoms with Gasteiger partial charge < -0.3 is 15.2 Å². The largest absolute Gasteiger partial charge is 0.496 e. The predicted molar refractivity (Wildman–Crippen MR) is 89.2 cm³/mol. The summed E-state index contributed by atoms with van der Waals surface area (Å²) in [7, 11) is 1.63. The third-order valence-electron chi connectivity index (χ3n) is 3.07. The topological polar surface area (TPSA) is 44.5 Å². The summed E-state index contributed by atoms with van der Waals surface area (Å²) in [4.78, 5) is 0. The molecular formula is C16H17BrClNO2. The number of halogens is 2. The molecule has 0 spiro atoms. The minimum Gasteiger partial charge on any atom is -0.496 e. The first-order chi connectivity index (χ1) is 10.0. The van der Waals surface area contributed by atoms with E-state index in [0.717, 1.165) is 15.8 Å². The molecule has 2 atom stereocenters. The van der Waals surface area contributed by atoms with Crippen molar-refractivity contribution < 1.29 is 9.47 Å². The Labute approximate surface area is 138 Å². The summed E-state index contributed by atoms with van der Waals surface area (Å²) in [5, 5.41) is 0.541. The highest BCUT2D eigenvalue weighted by Gasteiger charge is 2.22. The zero-order valence-electron chi connectivity index (χ0n) is 11.8. The molecule has 0 aliphatic heterocycles. The second-order valence-corrected chi connectivity index (χ2v) is 6.04. The van der Waals surface area contributed by atoms with Gasteiger partial charge in [0.2, 0.25) is 0 Å². The first kappa shape index (κ1) is 16.1. The zero-order valence-corrected chi connectivity index (χ0v) is 14.2. The van der Waals surface area contributed by atoms with Crippen LogP contribution in [0.5, 0.6) is 11.5 Å². The maximum Gasteiger partial charge on any atom is 0.142 e. The number of ether oxygens (including phenoxy) is 2. The zero-order chi connectivity index (χ0) is 15.4. The summed E-state index contributed by atoms with van der Waals surface area (Å²) in [5.74, 6) is 1.32. The molecule has 2 N–H and O–H groups in total. The maximum absolute atomic E-state index is 6.19. The van der Waals surface area contributed by atoms with E-state index in [2.05, 4.69) is 15.9 Å². The fraction of sp³-hybridized carbons (Fsp3) is 0.250. The molecule has 0 radical (unpaired) electrons. The highest BCUT2D eigenvalue weighted by molar-refractivity contribution is 9.10. The Morgan fingerprint density at radius 1 is 1.14 bits per heavy atom. The van der Waals surface area contributed by atoms with Crippen LogP contribution in [0.25, 0.3) is 0 Å². The summed E-state index contributed by atoms with van der Waals surface area (Å²) in [5.41, 5.74) is 6.99. The molecule has 0 bridgehead atoms. The van der Waals surface area contributed by atoms with Crippen molar-refractivity contribution in [1.29, 1.82) is 0 Å². The van der Waals surface area contributed by atoms with Crippen LogP contribution < -0.4 is 15.2 Å². The van der Waals surface area contributed by atoms with Crippen molar-refractivity contribution in [3.05, 3.63) is 57.5 Å². The van der Waals surface area contributed by atoms with E-state index in [0.29, 0.717) is 10.8 Å². The highest BCUT2D eigenvalue weighted by Crippen LogP contribution is 2.35. The quantitative estimate of drug-likeness (QED) is 0.838. The smallest absolute Gasteiger partial charge is 0.142 e. The van der Waals surface area contributed by atoms with Crippen molar-refractivity contribution in [3.8, 4) is 11.5 Å². The average Bonchev–Trinajstić information content (AvgIpc) is 2.47. The lowest BCUT2D eigenvalue weighted by atomic mass is 10.0. The van der Waals surface area contributed by atoms with Crippen molar-refractivity contribution in [2.45, 2.75) is 19.1 Å². The van der Waals surface area contributed by atoms with E-state index in [4.69, 9.17) is 26.8 Å². The standard InChI is InChI=1S/C16H17BrClNO2/c1-10(19)16(12-5-3-4-6-14(12)20-2)21-15-9-11(17)7-8-13(15)18/h3-10,16H,19H2,1-2H3. The van der Waals surface area contributed by atoms with Crippen LogP contribution in [0.2, 0.25) is 5.02 Å². The summed E-state index contributed by atoms with van der Waals surface area (Å²) in [6.45, 7) is 1.89. The van der Waals surface area contributed by atoms with Gasteiger partial charge in [-0.2, -0.15) is 0 Å². The van der Waals surface area contributed by atoms with Crippen LogP contribution in [0.4, 0.5) is 0 Å². The van der Waals surface area contributed by atoms with Gasteiger partial charge in [0.1, 0.15) is 17.6 Å². The second-order valence-electron chi connectivity index (χ2n) is 4.71. The van der Waals surface area contributed by atoms with E-state index < -0.39 is 0 Å². The van der Waals surface area contributed by atoms with Gasteiger partial charge in [-0.25, -0.2) is 0 Å². The lowest BCUT2D eigenvalue weighted by Gasteiger charge is -2.25. The molecule has 2 aromatic carbocycles. The fourth-order valence-corrected chi connectivity index (χ4v) is 2.56. The van der Waals surface area contributed by atoms with E-state index >= 15 is 0 Å². The van der Waals surface area contributed by atoms with Crippen LogP contribution >= 0.6 is 27.5 Å². The lowest BCUT2D eigenvalue weighted by Crippen LogP contribution is -2.29. The summed E-state index contributed by atoms with van der Waals surface area (Å²) >= 11 is 9.60. The van der Waals surface area contributed by atoms with Crippen LogP contribution in [0.3, 0.4) is 0 Å². The monoisotopic (exact) mass is 369 g/mol. The van der Waals surface area contributed by atoms with Crippen LogP contribution in [0.15, 0.2) is 46.9 Å². The molecule has 0 amide bonds. The van der Waals surface area contributed by atoms with Crippen LogP contribution in [-0.4, -0.2) is 13.2 Å². The molecule has 2 rings (SSSR count). The predicted octanol–water partition coefficient (Wildman–Crippen LogP) is 4.58. The first-order valence-electron chi connectivity index (χ1n) is 6.53. The molecule has 0 aromatic heterocycles. The van der Waals surface area contributed by atoms with Crippen molar-refractivity contribution >= 4 is 27.5 Å². The Bertz CT molecular complexity index is 619. The Morgan fingerprint density at radius 3 is 2.52 bits per heavy atom. The van der Waals surface area contributed by atoms with Gasteiger partial charge >= 0.3 is 0 Å². The summed E-state index contributed by atoms with van der Waals surface area (Å²) in [6, 6.07) is 12.9. The molecule has 5 heteroatoms. The molecule has 0 aliphatic rings. The third kappa shape index (κ3) is 3.90. The van der Waals surface area contributed by atoms with Crippen molar-refractivity contribution in [3.63, 3.8) is 0 Å². The minimum atomic E-state index is -0.354. The third-order valence-corrected chi connectivity index (χ3v) is 3.88. The van der Waals surface area contributed by atoms with Gasteiger partial charge in [0, 0.05) is 16.1 Å². The van der Waals surface area contributed by atoms with Crippen molar-refractivity contribution in [2.75, 3.05) is 7.11 Å². The minimum absolute atomic E-state index is 0.226. The van der Waals surface area contributed by atoms with Crippen molar-refractivity contribution in [2.24, 2.45) is 5.73 Å².